The Morgan fingerprint density at radius 3 is 2.52 bits per heavy atom. The molecule has 0 bridgehead atoms. The lowest BCUT2D eigenvalue weighted by Gasteiger charge is -2.07. The Morgan fingerprint density at radius 1 is 1.05 bits per heavy atom. The fourth-order valence-electron chi connectivity index (χ4n) is 2.11. The smallest absolute Gasteiger partial charge is 0.354 e. The van der Waals surface area contributed by atoms with E-state index in [2.05, 4.69) is 17.1 Å². The quantitative estimate of drug-likeness (QED) is 0.732. The Hall–Kier alpha value is -2.33. The highest BCUT2D eigenvalue weighted by Crippen LogP contribution is 2.29. The van der Waals surface area contributed by atoms with Crippen LogP contribution in [0.3, 0.4) is 0 Å². The predicted molar refractivity (Wildman–Crippen MR) is 84.7 cm³/mol. The van der Waals surface area contributed by atoms with Crippen LogP contribution in [0.4, 0.5) is 0 Å². The van der Waals surface area contributed by atoms with Gasteiger partial charge in [-0.05, 0) is 17.0 Å². The van der Waals surface area contributed by atoms with E-state index in [9.17, 15) is 9.90 Å². The summed E-state index contributed by atoms with van der Waals surface area (Å²) >= 11 is 1.56. The van der Waals surface area contributed by atoms with Crippen LogP contribution in [-0.4, -0.2) is 16.1 Å². The second-order valence-electron chi connectivity index (χ2n) is 4.61. The van der Waals surface area contributed by atoms with E-state index in [1.54, 1.807) is 17.8 Å². The van der Waals surface area contributed by atoms with E-state index in [0.29, 0.717) is 0 Å². The lowest BCUT2D eigenvalue weighted by molar-refractivity contribution is 0.0690. The van der Waals surface area contributed by atoms with E-state index in [4.69, 9.17) is 0 Å². The van der Waals surface area contributed by atoms with Gasteiger partial charge < -0.3 is 5.11 Å². The Morgan fingerprint density at radius 2 is 1.76 bits per heavy atom. The van der Waals surface area contributed by atoms with Crippen LogP contribution in [0.5, 0.6) is 0 Å². The van der Waals surface area contributed by atoms with Gasteiger partial charge in [0.15, 0.2) is 0 Å². The average Bonchev–Trinajstić information content (AvgIpc) is 2.53. The van der Waals surface area contributed by atoms with Crippen molar-refractivity contribution in [2.24, 2.45) is 0 Å². The molecule has 21 heavy (non-hydrogen) atoms. The van der Waals surface area contributed by atoms with Gasteiger partial charge >= 0.3 is 5.97 Å². The lowest BCUT2D eigenvalue weighted by Crippen LogP contribution is -2.01. The largest absolute Gasteiger partial charge is 0.477 e. The molecule has 0 aliphatic carbocycles. The molecule has 3 aromatic rings. The standard InChI is InChI=1S/C17H13NO2S/c19-17(20)15-10-13-8-4-5-9-14(13)16(18-15)21-11-12-6-2-1-3-7-12/h1-10H,11H2,(H,19,20). The zero-order valence-corrected chi connectivity index (χ0v) is 12.0. The average molecular weight is 295 g/mol. The lowest BCUT2D eigenvalue weighted by atomic mass is 10.1. The van der Waals surface area contributed by atoms with Crippen molar-refractivity contribution in [2.75, 3.05) is 0 Å². The number of hydrogen-bond donors (Lipinski definition) is 1. The maximum atomic E-state index is 11.2. The first-order valence-corrected chi connectivity index (χ1v) is 7.52. The van der Waals surface area contributed by atoms with Gasteiger partial charge in [0, 0.05) is 11.1 Å². The third-order valence-electron chi connectivity index (χ3n) is 3.14. The predicted octanol–water partition coefficient (Wildman–Crippen LogP) is 4.23. The van der Waals surface area contributed by atoms with Gasteiger partial charge in [0.2, 0.25) is 0 Å². The van der Waals surface area contributed by atoms with Gasteiger partial charge in [-0.3, -0.25) is 0 Å². The highest BCUT2D eigenvalue weighted by molar-refractivity contribution is 7.98. The summed E-state index contributed by atoms with van der Waals surface area (Å²) in [6.45, 7) is 0. The van der Waals surface area contributed by atoms with Crippen LogP contribution in [-0.2, 0) is 5.75 Å². The second kappa shape index (κ2) is 5.97. The number of pyridine rings is 1. The van der Waals surface area contributed by atoms with Gasteiger partial charge in [-0.25, -0.2) is 9.78 Å². The third kappa shape index (κ3) is 3.06. The zero-order valence-electron chi connectivity index (χ0n) is 11.2. The van der Waals surface area contributed by atoms with Crippen molar-refractivity contribution in [3.63, 3.8) is 0 Å². The van der Waals surface area contributed by atoms with Crippen molar-refractivity contribution in [1.82, 2.24) is 4.98 Å². The van der Waals surface area contributed by atoms with Crippen molar-refractivity contribution < 1.29 is 9.90 Å². The number of aromatic nitrogens is 1. The molecule has 0 radical (unpaired) electrons. The summed E-state index contributed by atoms with van der Waals surface area (Å²) in [5.74, 6) is -0.233. The molecule has 0 unspecified atom stereocenters. The van der Waals surface area contributed by atoms with Crippen LogP contribution in [0, 0.1) is 0 Å². The number of carboxylic acids is 1. The zero-order chi connectivity index (χ0) is 14.7. The number of rotatable bonds is 4. The molecular weight excluding hydrogens is 282 g/mol. The first-order valence-electron chi connectivity index (χ1n) is 6.54. The molecule has 1 heterocycles. The van der Waals surface area contributed by atoms with Gasteiger partial charge in [0.25, 0.3) is 0 Å². The molecule has 2 aromatic carbocycles. The molecule has 4 heteroatoms. The Bertz CT molecular complexity index is 787. The Balaban J connectivity index is 1.98. The molecule has 104 valence electrons. The van der Waals surface area contributed by atoms with Crippen LogP contribution >= 0.6 is 11.8 Å². The fourth-order valence-corrected chi connectivity index (χ4v) is 3.11. The van der Waals surface area contributed by atoms with Gasteiger partial charge in [0.05, 0.1) is 0 Å². The molecule has 3 nitrogen and oxygen atoms in total. The van der Waals surface area contributed by atoms with Gasteiger partial charge in [-0.1, -0.05) is 54.6 Å². The first-order chi connectivity index (χ1) is 10.2. The molecule has 3 rings (SSSR count). The molecule has 0 saturated carbocycles. The number of carbonyl (C=O) groups is 1. The fraction of sp³-hybridized carbons (Fsp3) is 0.0588. The normalized spacial score (nSPS) is 10.7. The van der Waals surface area contributed by atoms with Crippen LogP contribution in [0.2, 0.25) is 0 Å². The third-order valence-corrected chi connectivity index (χ3v) is 4.21. The van der Waals surface area contributed by atoms with Crippen LogP contribution < -0.4 is 0 Å². The molecule has 0 saturated heterocycles. The summed E-state index contributed by atoms with van der Waals surface area (Å²) < 4.78 is 0. The molecule has 1 aromatic heterocycles. The minimum atomic E-state index is -0.998. The van der Waals surface area contributed by atoms with E-state index >= 15 is 0 Å². The molecule has 1 N–H and O–H groups in total. The monoisotopic (exact) mass is 295 g/mol. The molecule has 0 atom stereocenters. The summed E-state index contributed by atoms with van der Waals surface area (Å²) in [6, 6.07) is 19.4. The number of nitrogens with zero attached hydrogens (tertiary/aromatic N) is 1. The Labute approximate surface area is 126 Å². The number of fused-ring (bicyclic) bond motifs is 1. The van der Waals surface area contributed by atoms with Crippen LogP contribution in [0.1, 0.15) is 16.1 Å². The minimum absolute atomic E-state index is 0.0873. The van der Waals surface area contributed by atoms with Crippen molar-refractivity contribution in [2.45, 2.75) is 10.8 Å². The topological polar surface area (TPSA) is 50.2 Å². The van der Waals surface area contributed by atoms with Crippen molar-refractivity contribution in [1.29, 1.82) is 0 Å². The molecule has 0 spiro atoms. The summed E-state index contributed by atoms with van der Waals surface area (Å²) in [5.41, 5.74) is 1.28. The van der Waals surface area contributed by atoms with E-state index in [0.717, 1.165) is 21.6 Å². The van der Waals surface area contributed by atoms with E-state index in [1.807, 2.05) is 42.5 Å². The Kier molecular flexibility index (Phi) is 3.88. The minimum Gasteiger partial charge on any atom is -0.477 e. The first kappa shape index (κ1) is 13.6. The molecule has 0 aliphatic rings. The SMILES string of the molecule is O=C(O)c1cc2ccccc2c(SCc2ccccc2)n1. The van der Waals surface area contributed by atoms with Gasteiger partial charge in [0.1, 0.15) is 10.7 Å². The second-order valence-corrected chi connectivity index (χ2v) is 5.58. The van der Waals surface area contributed by atoms with Crippen molar-refractivity contribution in [3.05, 3.63) is 71.9 Å². The molecule has 0 amide bonds. The number of hydrogen-bond acceptors (Lipinski definition) is 3. The van der Waals surface area contributed by atoms with Crippen molar-refractivity contribution >= 4 is 28.5 Å². The summed E-state index contributed by atoms with van der Waals surface area (Å²) in [5, 5.41) is 11.8. The van der Waals surface area contributed by atoms with Crippen molar-refractivity contribution in [3.8, 4) is 0 Å². The number of benzene rings is 2. The summed E-state index contributed by atoms with van der Waals surface area (Å²) in [7, 11) is 0. The van der Waals surface area contributed by atoms with Gasteiger partial charge in [-0.2, -0.15) is 0 Å². The van der Waals surface area contributed by atoms with Crippen LogP contribution in [0.15, 0.2) is 65.7 Å². The summed E-state index contributed by atoms with van der Waals surface area (Å²) in [4.78, 5) is 15.5. The number of aromatic carboxylic acids is 1. The van der Waals surface area contributed by atoms with E-state index in [-0.39, 0.29) is 5.69 Å². The number of thioether (sulfide) groups is 1. The maximum Gasteiger partial charge on any atom is 0.354 e. The van der Waals surface area contributed by atoms with E-state index < -0.39 is 5.97 Å². The highest BCUT2D eigenvalue weighted by Gasteiger charge is 2.11. The molecule has 0 aliphatic heterocycles. The molecule has 0 fully saturated rings. The van der Waals surface area contributed by atoms with Gasteiger partial charge in [-0.15, -0.1) is 11.8 Å². The highest BCUT2D eigenvalue weighted by atomic mass is 32.2. The number of carboxylic acid groups (broad SMARTS) is 1. The molecular formula is C17H13NO2S. The van der Waals surface area contributed by atoms with E-state index in [1.165, 1.54) is 5.56 Å². The summed E-state index contributed by atoms with van der Waals surface area (Å²) in [6.07, 6.45) is 0. The van der Waals surface area contributed by atoms with Crippen LogP contribution in [0.25, 0.3) is 10.8 Å². The maximum absolute atomic E-state index is 11.2.